The van der Waals surface area contributed by atoms with Gasteiger partial charge in [0.15, 0.2) is 18.2 Å². The summed E-state index contributed by atoms with van der Waals surface area (Å²) >= 11 is 17.7. The Bertz CT molecular complexity index is 1600. The average Bonchev–Trinajstić information content (AvgIpc) is 3.30. The predicted octanol–water partition coefficient (Wildman–Crippen LogP) is 11.5. The van der Waals surface area contributed by atoms with E-state index < -0.39 is 77.1 Å². The number of amides is 2. The first-order valence-electron chi connectivity index (χ1n) is 25.3. The molecule has 0 saturated carbocycles. The molecule has 15 nitrogen and oxygen atoms in total. The van der Waals surface area contributed by atoms with Gasteiger partial charge in [-0.05, 0) is 38.7 Å². The SMILES string of the molecule is C=CCOC(=O)N[C@@H](COCc1ccccc1)CO[C@@H]1O[C@@H]2COC(C)(C)O[C@H]2[C@H](OC(=O)C[C@@H](CCCCCCCCCCC)OC(=O)CCCCCCCCCC)[C@H]1NC(=O)OCC(Cl)(Cl)Cl. The molecule has 18 heteroatoms. The Hall–Kier alpha value is -2.89. The van der Waals surface area contributed by atoms with Crippen molar-refractivity contribution < 1.29 is 61.8 Å². The lowest BCUT2D eigenvalue weighted by Crippen LogP contribution is -2.69. The molecule has 2 saturated heterocycles. The zero-order chi connectivity index (χ0) is 50.3. The van der Waals surface area contributed by atoms with Crippen LogP contribution in [0.15, 0.2) is 43.0 Å². The fourth-order valence-electron chi connectivity index (χ4n) is 8.08. The van der Waals surface area contributed by atoms with Gasteiger partial charge in [-0.2, -0.15) is 0 Å². The zero-order valence-corrected chi connectivity index (χ0v) is 43.8. The van der Waals surface area contributed by atoms with Crippen molar-refractivity contribution in [3.05, 3.63) is 48.6 Å². The molecule has 2 heterocycles. The lowest BCUT2D eigenvalue weighted by Gasteiger charge is -2.50. The van der Waals surface area contributed by atoms with E-state index in [4.69, 9.17) is 77.4 Å². The Morgan fingerprint density at radius 2 is 1.45 bits per heavy atom. The Kier molecular flexibility index (Phi) is 30.2. The van der Waals surface area contributed by atoms with Crippen LogP contribution in [0.1, 0.15) is 162 Å². The molecule has 1 aromatic carbocycles. The fraction of sp³-hybridized carbons (Fsp3) is 0.765. The number of hydrogen-bond donors (Lipinski definition) is 2. The molecule has 0 radical (unpaired) electrons. The van der Waals surface area contributed by atoms with E-state index in [0.717, 1.165) is 50.5 Å². The molecule has 2 aliphatic heterocycles. The van der Waals surface area contributed by atoms with Gasteiger partial charge < -0.3 is 53.3 Å². The number of carbonyl (C=O) groups is 4. The number of ether oxygens (including phenoxy) is 9. The van der Waals surface area contributed by atoms with Crippen LogP contribution in [0.25, 0.3) is 0 Å². The van der Waals surface area contributed by atoms with Crippen molar-refractivity contribution in [2.24, 2.45) is 0 Å². The smallest absolute Gasteiger partial charge is 0.407 e. The van der Waals surface area contributed by atoms with E-state index in [1.165, 1.54) is 63.9 Å². The number of fused-ring (bicyclic) bond motifs is 1. The quantitative estimate of drug-likeness (QED) is 0.0216. The maximum absolute atomic E-state index is 14.2. The minimum Gasteiger partial charge on any atom is -0.462 e. The molecule has 0 unspecified atom stereocenters. The first-order valence-corrected chi connectivity index (χ1v) is 26.4. The Labute approximate surface area is 426 Å². The van der Waals surface area contributed by atoms with Gasteiger partial charge in [-0.3, -0.25) is 9.59 Å². The van der Waals surface area contributed by atoms with Crippen molar-refractivity contribution in [3.63, 3.8) is 0 Å². The molecule has 0 aliphatic carbocycles. The van der Waals surface area contributed by atoms with Crippen LogP contribution < -0.4 is 10.6 Å². The lowest BCUT2D eigenvalue weighted by molar-refractivity contribution is -0.369. The van der Waals surface area contributed by atoms with Crippen LogP contribution in [0.2, 0.25) is 0 Å². The lowest BCUT2D eigenvalue weighted by atomic mass is 9.95. The summed E-state index contributed by atoms with van der Waals surface area (Å²) in [6.07, 6.45) is 13.5. The second-order valence-corrected chi connectivity index (χ2v) is 20.9. The normalized spacial score (nSPS) is 20.7. The molecule has 2 amide bonds. The molecule has 2 fully saturated rings. The van der Waals surface area contributed by atoms with Crippen LogP contribution in [-0.4, -0.2) is 110 Å². The summed E-state index contributed by atoms with van der Waals surface area (Å²) in [7, 11) is 0. The van der Waals surface area contributed by atoms with Gasteiger partial charge in [0.25, 0.3) is 0 Å². The summed E-state index contributed by atoms with van der Waals surface area (Å²) in [5.41, 5.74) is 0.907. The van der Waals surface area contributed by atoms with Gasteiger partial charge in [0, 0.05) is 6.42 Å². The topological polar surface area (TPSA) is 175 Å². The van der Waals surface area contributed by atoms with Gasteiger partial charge in [0.05, 0.1) is 38.9 Å². The maximum atomic E-state index is 14.2. The van der Waals surface area contributed by atoms with Crippen molar-refractivity contribution >= 4 is 58.9 Å². The molecule has 0 spiro atoms. The van der Waals surface area contributed by atoms with Crippen molar-refractivity contribution in [3.8, 4) is 0 Å². The van der Waals surface area contributed by atoms with Crippen molar-refractivity contribution in [2.75, 3.05) is 33.0 Å². The highest BCUT2D eigenvalue weighted by molar-refractivity contribution is 6.67. The minimum atomic E-state index is -1.94. The number of benzene rings is 1. The maximum Gasteiger partial charge on any atom is 0.407 e. The molecular formula is C51H81Cl3N2O13. The molecule has 0 aromatic heterocycles. The Morgan fingerprint density at radius 1 is 0.826 bits per heavy atom. The number of alkyl carbamates (subject to hydrolysis) is 2. The number of halogens is 3. The van der Waals surface area contributed by atoms with E-state index in [1.54, 1.807) is 13.8 Å². The molecule has 3 rings (SSSR count). The van der Waals surface area contributed by atoms with Crippen LogP contribution in [0, 0.1) is 0 Å². The highest BCUT2D eigenvalue weighted by Crippen LogP contribution is 2.35. The second kappa shape index (κ2) is 34.5. The number of nitrogens with one attached hydrogen (secondary N) is 2. The van der Waals surface area contributed by atoms with Crippen LogP contribution in [0.4, 0.5) is 9.59 Å². The molecule has 7 atom stereocenters. The summed E-state index contributed by atoms with van der Waals surface area (Å²) < 4.78 is 51.8. The summed E-state index contributed by atoms with van der Waals surface area (Å²) in [6.45, 7) is 10.7. The first kappa shape index (κ1) is 60.4. The van der Waals surface area contributed by atoms with Gasteiger partial charge in [-0.25, -0.2) is 9.59 Å². The van der Waals surface area contributed by atoms with Gasteiger partial charge in [-0.1, -0.05) is 188 Å². The van der Waals surface area contributed by atoms with Gasteiger partial charge >= 0.3 is 24.1 Å². The number of esters is 2. The third-order valence-corrected chi connectivity index (χ3v) is 12.0. The van der Waals surface area contributed by atoms with E-state index in [2.05, 4.69) is 31.1 Å². The standard InChI is InChI=1S/C51H81Cl3N2O13/c1-6-9-11-13-15-17-18-20-25-29-40(66-42(57)30-26-21-19-16-14-12-10-7-2)32-43(58)68-46-44(56-49(60)64-37-51(52,53)54)47(67-41-36-65-50(4,5)69-45(41)46)63-35-39(55-48(59)62-31-8-3)34-61-33-38-27-23-22-24-28-38/h8,22-24,27-28,39-41,44-47H,3,6-7,9-21,25-26,29-37H2,1-2,4-5H3,(H,55,59)(H,56,60)/t39-,40+,41+,44+,45+,46+,47+/m0/s1. The molecule has 2 N–H and O–H groups in total. The van der Waals surface area contributed by atoms with Crippen molar-refractivity contribution in [1.82, 2.24) is 10.6 Å². The van der Waals surface area contributed by atoms with E-state index >= 15 is 0 Å². The summed E-state index contributed by atoms with van der Waals surface area (Å²) in [5, 5.41) is 5.43. The Morgan fingerprint density at radius 3 is 2.07 bits per heavy atom. The van der Waals surface area contributed by atoms with Crippen molar-refractivity contribution in [2.45, 2.75) is 215 Å². The van der Waals surface area contributed by atoms with Crippen LogP contribution in [0.5, 0.6) is 0 Å². The number of hydrogen-bond acceptors (Lipinski definition) is 13. The van der Waals surface area contributed by atoms with E-state index in [-0.39, 0.29) is 51.8 Å². The molecule has 2 aliphatic rings. The van der Waals surface area contributed by atoms with E-state index in [0.29, 0.717) is 12.8 Å². The van der Waals surface area contributed by atoms with E-state index in [9.17, 15) is 19.2 Å². The third-order valence-electron chi connectivity index (χ3n) is 11.7. The average molecular weight is 1040 g/mol. The van der Waals surface area contributed by atoms with Gasteiger partial charge in [0.2, 0.25) is 3.79 Å². The summed E-state index contributed by atoms with van der Waals surface area (Å²) in [5.74, 6) is -2.21. The van der Waals surface area contributed by atoms with Gasteiger partial charge in [0.1, 0.15) is 37.6 Å². The van der Waals surface area contributed by atoms with Gasteiger partial charge in [-0.15, -0.1) is 0 Å². The molecule has 69 heavy (non-hydrogen) atoms. The molecular weight excluding hydrogens is 955 g/mol. The van der Waals surface area contributed by atoms with Crippen LogP contribution in [0.3, 0.4) is 0 Å². The number of alkyl halides is 3. The predicted molar refractivity (Wildman–Crippen MR) is 266 cm³/mol. The number of carbonyl (C=O) groups excluding carboxylic acids is 4. The highest BCUT2D eigenvalue weighted by Gasteiger charge is 2.54. The Balaban J connectivity index is 1.84. The monoisotopic (exact) mass is 1030 g/mol. The number of unbranched alkanes of at least 4 members (excludes halogenated alkanes) is 15. The molecule has 0 bridgehead atoms. The summed E-state index contributed by atoms with van der Waals surface area (Å²) in [4.78, 5) is 53.7. The molecule has 1 aromatic rings. The largest absolute Gasteiger partial charge is 0.462 e. The number of rotatable bonds is 35. The third kappa shape index (κ3) is 26.9. The second-order valence-electron chi connectivity index (χ2n) is 18.4. The van der Waals surface area contributed by atoms with Crippen molar-refractivity contribution in [1.29, 1.82) is 0 Å². The zero-order valence-electron chi connectivity index (χ0n) is 41.5. The van der Waals surface area contributed by atoms with E-state index in [1.807, 2.05) is 30.3 Å². The minimum absolute atomic E-state index is 0.00331. The fourth-order valence-corrected chi connectivity index (χ4v) is 8.25. The molecule has 394 valence electrons. The van der Waals surface area contributed by atoms with Crippen LogP contribution in [-0.2, 0) is 58.8 Å². The van der Waals surface area contributed by atoms with Crippen LogP contribution >= 0.6 is 34.8 Å². The highest BCUT2D eigenvalue weighted by atomic mass is 35.6. The summed E-state index contributed by atoms with van der Waals surface area (Å²) in [6, 6.07) is 7.37. The first-order chi connectivity index (χ1) is 33.1.